The van der Waals surface area contributed by atoms with Crippen LogP contribution in [0.1, 0.15) is 41.6 Å². The maximum Gasteiger partial charge on any atom is 0.296 e. The number of likely N-dealkylation sites (tertiary alicyclic amines) is 1. The number of halogens is 1. The molecule has 0 spiro atoms. The lowest BCUT2D eigenvalue weighted by Gasteiger charge is -2.20. The second kappa shape index (κ2) is 9.57. The molecule has 0 saturated carbocycles. The third-order valence-corrected chi connectivity index (χ3v) is 6.19. The molecular formula is C25H26ClN3O3. The molecule has 0 bridgehead atoms. The smallest absolute Gasteiger partial charge is 0.296 e. The number of hydrogen-bond donors (Lipinski definition) is 1. The molecule has 1 N–H and O–H groups in total. The van der Waals surface area contributed by atoms with Crippen molar-refractivity contribution in [2.75, 3.05) is 18.4 Å². The van der Waals surface area contributed by atoms with Crippen molar-refractivity contribution in [2.45, 2.75) is 39.2 Å². The Hall–Kier alpha value is -3.12. The van der Waals surface area contributed by atoms with Crippen molar-refractivity contribution in [1.82, 2.24) is 9.47 Å². The summed E-state index contributed by atoms with van der Waals surface area (Å²) in [5.74, 6) is -1.36. The summed E-state index contributed by atoms with van der Waals surface area (Å²) in [6.07, 6.45) is 5.95. The van der Waals surface area contributed by atoms with E-state index < -0.39 is 11.7 Å². The summed E-state index contributed by atoms with van der Waals surface area (Å²) in [5, 5.41) is 3.79. The topological polar surface area (TPSA) is 71.4 Å². The third kappa shape index (κ3) is 4.70. The van der Waals surface area contributed by atoms with Crippen LogP contribution in [0.3, 0.4) is 0 Å². The minimum absolute atomic E-state index is 0.0330. The zero-order valence-corrected chi connectivity index (χ0v) is 18.8. The first kappa shape index (κ1) is 22.1. The Morgan fingerprint density at radius 2 is 1.72 bits per heavy atom. The van der Waals surface area contributed by atoms with Gasteiger partial charge in [-0.05, 0) is 43.5 Å². The van der Waals surface area contributed by atoms with Crippen LogP contribution in [0.25, 0.3) is 10.9 Å². The Morgan fingerprint density at radius 3 is 2.47 bits per heavy atom. The van der Waals surface area contributed by atoms with Crippen LogP contribution in [-0.4, -0.2) is 40.2 Å². The van der Waals surface area contributed by atoms with E-state index in [-0.39, 0.29) is 18.0 Å². The molecule has 6 nitrogen and oxygen atoms in total. The Kier molecular flexibility index (Phi) is 6.61. The van der Waals surface area contributed by atoms with E-state index in [1.165, 1.54) is 0 Å². The summed E-state index contributed by atoms with van der Waals surface area (Å²) in [5.41, 5.74) is 2.34. The van der Waals surface area contributed by atoms with Crippen molar-refractivity contribution >= 4 is 45.8 Å². The fourth-order valence-electron chi connectivity index (χ4n) is 4.15. The summed E-state index contributed by atoms with van der Waals surface area (Å²) >= 11 is 6.03. The lowest BCUT2D eigenvalue weighted by molar-refractivity contribution is -0.131. The van der Waals surface area contributed by atoms with Crippen molar-refractivity contribution in [2.24, 2.45) is 0 Å². The van der Waals surface area contributed by atoms with Gasteiger partial charge in [-0.2, -0.15) is 0 Å². The van der Waals surface area contributed by atoms with Gasteiger partial charge in [0.25, 0.3) is 11.7 Å². The quantitative estimate of drug-likeness (QED) is 0.446. The van der Waals surface area contributed by atoms with Crippen LogP contribution in [0, 0.1) is 6.92 Å². The van der Waals surface area contributed by atoms with Crippen LogP contribution < -0.4 is 5.32 Å². The predicted molar refractivity (Wildman–Crippen MR) is 126 cm³/mol. The fraction of sp³-hybridized carbons (Fsp3) is 0.320. The maximum atomic E-state index is 13.1. The number of Topliss-reactive ketones (excluding diaryl/α,β-unsaturated/α-hetero) is 1. The van der Waals surface area contributed by atoms with E-state index in [4.69, 9.17) is 11.6 Å². The number of nitrogens with zero attached hydrogens (tertiary/aromatic N) is 2. The summed E-state index contributed by atoms with van der Waals surface area (Å²) in [7, 11) is 0. The molecule has 0 radical (unpaired) electrons. The summed E-state index contributed by atoms with van der Waals surface area (Å²) in [6.45, 7) is 3.51. The Balaban J connectivity index is 1.59. The first-order valence-electron chi connectivity index (χ1n) is 10.9. The highest BCUT2D eigenvalue weighted by Gasteiger charge is 2.24. The molecule has 3 aromatic rings. The number of nitrogens with one attached hydrogen (secondary N) is 1. The number of carbonyl (C=O) groups excluding carboxylic acids is 3. The first-order valence-corrected chi connectivity index (χ1v) is 11.3. The zero-order chi connectivity index (χ0) is 22.7. The van der Waals surface area contributed by atoms with Crippen LogP contribution in [0.15, 0.2) is 48.7 Å². The Bertz CT molecular complexity index is 1180. The Morgan fingerprint density at radius 1 is 1.00 bits per heavy atom. The maximum absolute atomic E-state index is 13.1. The normalized spacial score (nSPS) is 14.2. The molecule has 2 amide bonds. The third-order valence-electron chi connectivity index (χ3n) is 5.95. The first-order chi connectivity index (χ1) is 15.4. The van der Waals surface area contributed by atoms with Gasteiger partial charge in [0.1, 0.15) is 6.54 Å². The number of anilines is 1. The second-order valence-corrected chi connectivity index (χ2v) is 8.66. The van der Waals surface area contributed by atoms with Gasteiger partial charge in [0.2, 0.25) is 5.91 Å². The summed E-state index contributed by atoms with van der Waals surface area (Å²) < 4.78 is 1.77. The van der Waals surface area contributed by atoms with Gasteiger partial charge in [-0.3, -0.25) is 14.4 Å². The molecule has 7 heteroatoms. The van der Waals surface area contributed by atoms with Crippen molar-refractivity contribution in [3.8, 4) is 0 Å². The highest BCUT2D eigenvalue weighted by atomic mass is 35.5. The average molecular weight is 452 g/mol. The molecule has 0 aliphatic carbocycles. The van der Waals surface area contributed by atoms with E-state index in [9.17, 15) is 14.4 Å². The Labute approximate surface area is 192 Å². The van der Waals surface area contributed by atoms with Crippen LogP contribution in [0.4, 0.5) is 5.69 Å². The van der Waals surface area contributed by atoms with Gasteiger partial charge < -0.3 is 14.8 Å². The van der Waals surface area contributed by atoms with E-state index in [0.29, 0.717) is 16.1 Å². The molecule has 0 unspecified atom stereocenters. The number of carbonyl (C=O) groups is 3. The number of ketones is 1. The van der Waals surface area contributed by atoms with Gasteiger partial charge in [0.05, 0.1) is 5.56 Å². The van der Waals surface area contributed by atoms with Gasteiger partial charge in [-0.15, -0.1) is 0 Å². The minimum atomic E-state index is -0.739. The molecule has 2 heterocycles. The van der Waals surface area contributed by atoms with E-state index in [2.05, 4.69) is 5.32 Å². The highest BCUT2D eigenvalue weighted by molar-refractivity contribution is 6.48. The molecule has 1 aliphatic rings. The second-order valence-electron chi connectivity index (χ2n) is 8.23. The molecule has 1 aliphatic heterocycles. The molecule has 32 heavy (non-hydrogen) atoms. The molecule has 4 rings (SSSR count). The molecule has 1 saturated heterocycles. The number of hydrogen-bond acceptors (Lipinski definition) is 3. The predicted octanol–water partition coefficient (Wildman–Crippen LogP) is 4.83. The summed E-state index contributed by atoms with van der Waals surface area (Å²) in [6, 6.07) is 12.5. The molecule has 1 aromatic heterocycles. The van der Waals surface area contributed by atoms with Gasteiger partial charge in [-0.1, -0.05) is 48.7 Å². The van der Waals surface area contributed by atoms with E-state index in [1.807, 2.05) is 30.0 Å². The molecule has 1 fully saturated rings. The number of rotatable bonds is 5. The van der Waals surface area contributed by atoms with Crippen molar-refractivity contribution < 1.29 is 14.4 Å². The molecule has 0 atom stereocenters. The fourth-order valence-corrected chi connectivity index (χ4v) is 4.33. The van der Waals surface area contributed by atoms with Crippen molar-refractivity contribution in [1.29, 1.82) is 0 Å². The van der Waals surface area contributed by atoms with Crippen molar-refractivity contribution in [3.63, 3.8) is 0 Å². The number of para-hydroxylation sites is 1. The van der Waals surface area contributed by atoms with Gasteiger partial charge in [0.15, 0.2) is 0 Å². The summed E-state index contributed by atoms with van der Waals surface area (Å²) in [4.78, 5) is 40.6. The monoisotopic (exact) mass is 451 g/mol. The van der Waals surface area contributed by atoms with Crippen LogP contribution >= 0.6 is 11.6 Å². The zero-order valence-electron chi connectivity index (χ0n) is 18.1. The number of benzene rings is 2. The number of amides is 2. The van der Waals surface area contributed by atoms with Gasteiger partial charge in [0, 0.05) is 40.9 Å². The number of aromatic nitrogens is 1. The number of aryl methyl sites for hydroxylation is 1. The van der Waals surface area contributed by atoms with E-state index in [1.54, 1.807) is 35.0 Å². The van der Waals surface area contributed by atoms with Crippen molar-refractivity contribution in [3.05, 3.63) is 64.8 Å². The van der Waals surface area contributed by atoms with E-state index >= 15 is 0 Å². The van der Waals surface area contributed by atoms with Gasteiger partial charge in [-0.25, -0.2) is 0 Å². The van der Waals surface area contributed by atoms with Crippen LogP contribution in [0.2, 0.25) is 5.02 Å². The molecular weight excluding hydrogens is 426 g/mol. The van der Waals surface area contributed by atoms with Crippen LogP contribution in [0.5, 0.6) is 0 Å². The lowest BCUT2D eigenvalue weighted by Crippen LogP contribution is -2.34. The largest absolute Gasteiger partial charge is 0.341 e. The van der Waals surface area contributed by atoms with Gasteiger partial charge >= 0.3 is 0 Å². The van der Waals surface area contributed by atoms with E-state index in [0.717, 1.165) is 49.9 Å². The minimum Gasteiger partial charge on any atom is -0.341 e. The highest BCUT2D eigenvalue weighted by Crippen LogP contribution is 2.24. The standard InChI is InChI=1S/C25H26ClN3O3/c1-17-10-11-18(26)14-21(17)27-25(32)24(31)20-15-29(22-9-5-4-8-19(20)22)16-23(30)28-12-6-2-3-7-13-28/h4-5,8-11,14-15H,2-3,6-7,12-13,16H2,1H3,(H,27,32). The van der Waals surface area contributed by atoms with Crippen LogP contribution in [-0.2, 0) is 16.1 Å². The molecule has 2 aromatic carbocycles. The number of fused-ring (bicyclic) bond motifs is 1. The SMILES string of the molecule is Cc1ccc(Cl)cc1NC(=O)C(=O)c1cn(CC(=O)N2CCCCCC2)c2ccccc12. The lowest BCUT2D eigenvalue weighted by atomic mass is 10.1. The molecule has 166 valence electrons. The average Bonchev–Trinajstić information content (AvgIpc) is 2.95.